The predicted octanol–water partition coefficient (Wildman–Crippen LogP) is 11.2. The van der Waals surface area contributed by atoms with Crippen LogP contribution in [0.3, 0.4) is 0 Å². The molecule has 0 bridgehead atoms. The van der Waals surface area contributed by atoms with Gasteiger partial charge in [-0.3, -0.25) is 9.13 Å². The lowest BCUT2D eigenvalue weighted by molar-refractivity contribution is 0.627. The van der Waals surface area contributed by atoms with Gasteiger partial charge in [0.25, 0.3) is 0 Å². The summed E-state index contributed by atoms with van der Waals surface area (Å²) >= 11 is 0. The Kier molecular flexibility index (Phi) is 8.03. The zero-order valence-electron chi connectivity index (χ0n) is 29.6. The Morgan fingerprint density at radius 2 is 0.643 bits per heavy atom. The van der Waals surface area contributed by atoms with E-state index in [-0.39, 0.29) is 11.6 Å². The highest BCUT2D eigenvalue weighted by molar-refractivity contribution is 5.85. The zero-order chi connectivity index (χ0) is 37.6. The van der Waals surface area contributed by atoms with Gasteiger partial charge in [-0.15, -0.1) is 0 Å². The highest BCUT2D eigenvalue weighted by Gasteiger charge is 2.18. The van der Waals surface area contributed by atoms with Crippen molar-refractivity contribution in [2.45, 2.75) is 0 Å². The van der Waals surface area contributed by atoms with Crippen molar-refractivity contribution >= 4 is 22.1 Å². The van der Waals surface area contributed by atoms with Crippen molar-refractivity contribution in [2.75, 3.05) is 0 Å². The molecule has 0 atom stereocenters. The summed E-state index contributed by atoms with van der Waals surface area (Å²) in [5.41, 5.74) is 9.40. The Hall–Kier alpha value is -7.65. The fourth-order valence-corrected chi connectivity index (χ4v) is 7.03. The normalized spacial score (nSPS) is 11.4. The standard InChI is InChI=1S/C47H29F2N7/c48-35-22-26-37(27-23-35)55-41-12-6-4-10-39(41)50-46(55)33-18-14-31(15-19-33)44-52-43(30-8-2-1-3-9-30)53-45(54-44)32-16-20-34(21-17-32)47-51-40-11-5-7-13-42(40)56(47)38-28-24-36(49)25-29-38/h1-29H. The molecule has 0 aliphatic heterocycles. The molecule has 0 saturated carbocycles. The Labute approximate surface area is 319 Å². The second-order valence-corrected chi connectivity index (χ2v) is 13.3. The average molecular weight is 730 g/mol. The van der Waals surface area contributed by atoms with E-state index in [0.717, 1.165) is 72.9 Å². The van der Waals surface area contributed by atoms with E-state index < -0.39 is 0 Å². The first-order chi connectivity index (χ1) is 27.6. The first-order valence-electron chi connectivity index (χ1n) is 18.1. The van der Waals surface area contributed by atoms with Gasteiger partial charge in [-0.1, -0.05) is 103 Å². The summed E-state index contributed by atoms with van der Waals surface area (Å²) in [7, 11) is 0. The molecular formula is C47H29F2N7. The molecule has 0 aliphatic carbocycles. The number of aromatic nitrogens is 7. The van der Waals surface area contributed by atoms with E-state index in [1.807, 2.05) is 137 Å². The van der Waals surface area contributed by atoms with Gasteiger partial charge in [0.1, 0.15) is 23.3 Å². The Balaban J connectivity index is 1.04. The van der Waals surface area contributed by atoms with Gasteiger partial charge in [0.15, 0.2) is 17.5 Å². The van der Waals surface area contributed by atoms with Crippen LogP contribution in [0, 0.1) is 11.6 Å². The summed E-state index contributed by atoms with van der Waals surface area (Å²) < 4.78 is 31.9. The molecule has 7 aromatic carbocycles. The fourth-order valence-electron chi connectivity index (χ4n) is 7.03. The van der Waals surface area contributed by atoms with Crippen molar-refractivity contribution < 1.29 is 8.78 Å². The van der Waals surface area contributed by atoms with E-state index in [0.29, 0.717) is 17.5 Å². The van der Waals surface area contributed by atoms with Crippen LogP contribution in [0.15, 0.2) is 176 Å². The number of hydrogen-bond donors (Lipinski definition) is 0. The van der Waals surface area contributed by atoms with E-state index in [1.54, 1.807) is 24.3 Å². The molecule has 10 rings (SSSR count). The van der Waals surface area contributed by atoms with Gasteiger partial charge in [-0.05, 0) is 72.8 Å². The third-order valence-electron chi connectivity index (χ3n) is 9.76. The van der Waals surface area contributed by atoms with E-state index in [2.05, 4.69) is 0 Å². The van der Waals surface area contributed by atoms with Gasteiger partial charge in [-0.2, -0.15) is 0 Å². The van der Waals surface area contributed by atoms with Gasteiger partial charge in [-0.25, -0.2) is 33.7 Å². The minimum absolute atomic E-state index is 0.297. The molecule has 0 amide bonds. The molecule has 10 aromatic rings. The number of halogens is 2. The third kappa shape index (κ3) is 5.97. The first-order valence-corrected chi connectivity index (χ1v) is 18.1. The van der Waals surface area contributed by atoms with E-state index in [1.165, 1.54) is 24.3 Å². The third-order valence-corrected chi connectivity index (χ3v) is 9.76. The molecule has 0 N–H and O–H groups in total. The van der Waals surface area contributed by atoms with Crippen LogP contribution in [0.4, 0.5) is 8.78 Å². The van der Waals surface area contributed by atoms with Crippen LogP contribution < -0.4 is 0 Å². The fraction of sp³-hybridized carbons (Fsp3) is 0. The molecular weight excluding hydrogens is 701 g/mol. The smallest absolute Gasteiger partial charge is 0.164 e. The number of rotatable bonds is 7. The maximum Gasteiger partial charge on any atom is 0.164 e. The van der Waals surface area contributed by atoms with E-state index in [9.17, 15) is 8.78 Å². The lowest BCUT2D eigenvalue weighted by Crippen LogP contribution is -2.01. The number of fused-ring (bicyclic) bond motifs is 2. The topological polar surface area (TPSA) is 74.3 Å². The van der Waals surface area contributed by atoms with Crippen LogP contribution in [0.1, 0.15) is 0 Å². The number of nitrogens with zero attached hydrogens (tertiary/aromatic N) is 7. The summed E-state index contributed by atoms with van der Waals surface area (Å²) in [6.45, 7) is 0. The average Bonchev–Trinajstić information content (AvgIpc) is 3.84. The lowest BCUT2D eigenvalue weighted by atomic mass is 10.1. The van der Waals surface area contributed by atoms with Crippen molar-refractivity contribution in [3.63, 3.8) is 0 Å². The van der Waals surface area contributed by atoms with Gasteiger partial charge in [0, 0.05) is 39.2 Å². The molecule has 7 nitrogen and oxygen atoms in total. The first kappa shape index (κ1) is 33.0. The van der Waals surface area contributed by atoms with Crippen LogP contribution in [0.5, 0.6) is 0 Å². The summed E-state index contributed by atoms with van der Waals surface area (Å²) in [5.74, 6) is 2.47. The van der Waals surface area contributed by atoms with E-state index >= 15 is 0 Å². The number of imidazole rings is 2. The highest BCUT2D eigenvalue weighted by Crippen LogP contribution is 2.33. The van der Waals surface area contributed by atoms with Crippen LogP contribution in [0.2, 0.25) is 0 Å². The lowest BCUT2D eigenvalue weighted by Gasteiger charge is -2.12. The quantitative estimate of drug-likeness (QED) is 0.163. The molecule has 3 heterocycles. The summed E-state index contributed by atoms with van der Waals surface area (Å²) in [6.07, 6.45) is 0. The minimum atomic E-state index is -0.297. The summed E-state index contributed by atoms with van der Waals surface area (Å²) in [5, 5.41) is 0. The maximum absolute atomic E-state index is 13.9. The Bertz CT molecular complexity index is 2820. The van der Waals surface area contributed by atoms with Gasteiger partial charge in [0.05, 0.1) is 22.1 Å². The molecule has 9 heteroatoms. The van der Waals surface area contributed by atoms with Crippen molar-refractivity contribution in [3.05, 3.63) is 188 Å². The van der Waals surface area contributed by atoms with Crippen LogP contribution in [-0.2, 0) is 0 Å². The highest BCUT2D eigenvalue weighted by atomic mass is 19.1. The summed E-state index contributed by atoms with van der Waals surface area (Å²) in [6, 6.07) is 54.5. The van der Waals surface area contributed by atoms with Gasteiger partial charge >= 0.3 is 0 Å². The number of benzene rings is 7. The second kappa shape index (κ2) is 13.6. The van der Waals surface area contributed by atoms with Crippen molar-refractivity contribution in [1.82, 2.24) is 34.1 Å². The van der Waals surface area contributed by atoms with Crippen molar-refractivity contribution in [2.24, 2.45) is 0 Å². The van der Waals surface area contributed by atoms with Crippen LogP contribution in [0.25, 0.3) is 90.4 Å². The van der Waals surface area contributed by atoms with Gasteiger partial charge in [0.2, 0.25) is 0 Å². The zero-order valence-corrected chi connectivity index (χ0v) is 29.6. The van der Waals surface area contributed by atoms with E-state index in [4.69, 9.17) is 24.9 Å². The molecule has 3 aromatic heterocycles. The molecule has 56 heavy (non-hydrogen) atoms. The minimum Gasteiger partial charge on any atom is -0.292 e. The molecule has 0 unspecified atom stereocenters. The summed E-state index contributed by atoms with van der Waals surface area (Å²) in [4.78, 5) is 24.8. The van der Waals surface area contributed by atoms with Gasteiger partial charge < -0.3 is 0 Å². The van der Waals surface area contributed by atoms with Crippen LogP contribution >= 0.6 is 0 Å². The SMILES string of the molecule is Fc1ccc(-n2c(-c3ccc(-c4nc(-c5ccccc5)nc(-c5ccc(-c6nc7ccccc7n6-c6ccc(F)cc6)cc5)n4)cc3)nc3ccccc32)cc1. The molecule has 266 valence electrons. The monoisotopic (exact) mass is 729 g/mol. The largest absolute Gasteiger partial charge is 0.292 e. The maximum atomic E-state index is 13.9. The molecule has 0 aliphatic rings. The second-order valence-electron chi connectivity index (χ2n) is 13.3. The van der Waals surface area contributed by atoms with Crippen molar-refractivity contribution in [3.8, 4) is 68.3 Å². The Morgan fingerprint density at radius 1 is 0.304 bits per heavy atom. The van der Waals surface area contributed by atoms with Crippen molar-refractivity contribution in [1.29, 1.82) is 0 Å². The van der Waals surface area contributed by atoms with Crippen LogP contribution in [-0.4, -0.2) is 34.1 Å². The molecule has 0 spiro atoms. The number of para-hydroxylation sites is 4. The predicted molar refractivity (Wildman–Crippen MR) is 216 cm³/mol. The Morgan fingerprint density at radius 3 is 1.05 bits per heavy atom. The number of hydrogen-bond acceptors (Lipinski definition) is 5. The molecule has 0 fully saturated rings. The molecule has 0 saturated heterocycles. The molecule has 0 radical (unpaired) electrons.